The fraction of sp³-hybridized carbons (Fsp3) is 0.571. The third-order valence-corrected chi connectivity index (χ3v) is 3.64. The third-order valence-electron chi connectivity index (χ3n) is 3.43. The van der Waals surface area contributed by atoms with Crippen molar-refractivity contribution in [2.24, 2.45) is 0 Å². The van der Waals surface area contributed by atoms with Gasteiger partial charge in [-0.15, -0.1) is 0 Å². The first-order valence-corrected chi connectivity index (χ1v) is 7.62. The Morgan fingerprint density at radius 3 is 2.76 bits per heavy atom. The Hall–Kier alpha value is -1.53. The summed E-state index contributed by atoms with van der Waals surface area (Å²) in [5.74, 6) is -0.316. The van der Waals surface area contributed by atoms with Gasteiger partial charge >= 0.3 is 0 Å². The van der Waals surface area contributed by atoms with E-state index >= 15 is 0 Å². The van der Waals surface area contributed by atoms with Crippen molar-refractivity contribution in [3.8, 4) is 0 Å². The van der Waals surface area contributed by atoms with Crippen LogP contribution in [0.15, 0.2) is 12.3 Å². The van der Waals surface area contributed by atoms with E-state index in [0.29, 0.717) is 23.8 Å². The topological polar surface area (TPSA) is 66.4 Å². The molecule has 0 spiro atoms. The summed E-state index contributed by atoms with van der Waals surface area (Å²) < 4.78 is 1.81. The van der Waals surface area contributed by atoms with E-state index in [9.17, 15) is 9.59 Å². The number of hydrogen-bond donors (Lipinski definition) is 2. The van der Waals surface area contributed by atoms with Crippen LogP contribution in [0.25, 0.3) is 0 Å². The van der Waals surface area contributed by atoms with Gasteiger partial charge in [-0.25, -0.2) is 0 Å². The number of piperazine rings is 1. The van der Waals surface area contributed by atoms with E-state index in [-0.39, 0.29) is 18.4 Å². The summed E-state index contributed by atoms with van der Waals surface area (Å²) in [6.45, 7) is 5.75. The first-order chi connectivity index (χ1) is 10.1. The molecule has 1 aliphatic heterocycles. The second-order valence-electron chi connectivity index (χ2n) is 5.05. The third kappa shape index (κ3) is 4.22. The molecule has 1 aliphatic rings. The largest absolute Gasteiger partial charge is 0.342 e. The lowest BCUT2D eigenvalue weighted by molar-refractivity contribution is -0.130. The van der Waals surface area contributed by atoms with Crippen molar-refractivity contribution >= 4 is 23.4 Å². The summed E-state index contributed by atoms with van der Waals surface area (Å²) in [6.07, 6.45) is 2.64. The van der Waals surface area contributed by atoms with E-state index in [0.717, 1.165) is 26.1 Å². The molecule has 6 nitrogen and oxygen atoms in total. The molecule has 0 aromatic carbocycles. The van der Waals surface area contributed by atoms with Crippen molar-refractivity contribution in [1.29, 1.82) is 0 Å². The van der Waals surface area contributed by atoms with E-state index < -0.39 is 0 Å². The molecular weight excluding hydrogens is 292 g/mol. The van der Waals surface area contributed by atoms with E-state index in [4.69, 9.17) is 11.6 Å². The Kier molecular flexibility index (Phi) is 5.64. The molecule has 0 saturated carbocycles. The standard InChI is InChI=1S/C14H21ClN4O2/c1-2-5-19-10-11(15)8-12(19)14(21)17-9-13(20)18-6-3-16-4-7-18/h8,10,16H,2-7,9H2,1H3,(H,17,21). The van der Waals surface area contributed by atoms with E-state index in [1.807, 2.05) is 11.5 Å². The molecule has 2 amide bonds. The van der Waals surface area contributed by atoms with Gasteiger partial charge in [0.15, 0.2) is 0 Å². The Morgan fingerprint density at radius 2 is 2.10 bits per heavy atom. The van der Waals surface area contributed by atoms with Gasteiger partial charge in [-0.1, -0.05) is 18.5 Å². The number of halogens is 1. The van der Waals surface area contributed by atoms with Crippen molar-refractivity contribution in [2.45, 2.75) is 19.9 Å². The van der Waals surface area contributed by atoms with Crippen LogP contribution >= 0.6 is 11.6 Å². The quantitative estimate of drug-likeness (QED) is 0.841. The highest BCUT2D eigenvalue weighted by molar-refractivity contribution is 6.31. The van der Waals surface area contributed by atoms with Gasteiger partial charge in [0, 0.05) is 38.9 Å². The molecule has 0 atom stereocenters. The maximum absolute atomic E-state index is 12.2. The minimum absolute atomic E-state index is 0.0216. The molecule has 1 aromatic rings. The van der Waals surface area contributed by atoms with E-state index in [2.05, 4.69) is 10.6 Å². The summed E-state index contributed by atoms with van der Waals surface area (Å²) in [4.78, 5) is 25.9. The number of aryl methyl sites for hydroxylation is 1. The SMILES string of the molecule is CCCn1cc(Cl)cc1C(=O)NCC(=O)N1CCNCC1. The zero-order chi connectivity index (χ0) is 15.2. The molecule has 116 valence electrons. The molecule has 0 bridgehead atoms. The van der Waals surface area contributed by atoms with Crippen LogP contribution in [0.1, 0.15) is 23.8 Å². The number of rotatable bonds is 5. The van der Waals surface area contributed by atoms with Gasteiger partial charge in [0.1, 0.15) is 5.69 Å². The number of nitrogens with one attached hydrogen (secondary N) is 2. The second-order valence-corrected chi connectivity index (χ2v) is 5.49. The molecule has 7 heteroatoms. The predicted molar refractivity (Wildman–Crippen MR) is 81.5 cm³/mol. The predicted octanol–water partition coefficient (Wildman–Crippen LogP) is 0.713. The second kappa shape index (κ2) is 7.47. The van der Waals surface area contributed by atoms with Crippen molar-refractivity contribution < 1.29 is 9.59 Å². The number of aromatic nitrogens is 1. The summed E-state index contributed by atoms with van der Waals surface area (Å²) in [5.41, 5.74) is 0.495. The number of carbonyl (C=O) groups excluding carboxylic acids is 2. The van der Waals surface area contributed by atoms with Crippen LogP contribution in [0.3, 0.4) is 0 Å². The first kappa shape index (κ1) is 15.9. The van der Waals surface area contributed by atoms with Gasteiger partial charge in [-0.3, -0.25) is 9.59 Å². The van der Waals surface area contributed by atoms with Gasteiger partial charge in [0.05, 0.1) is 11.6 Å². The van der Waals surface area contributed by atoms with Gasteiger partial charge < -0.3 is 20.1 Å². The Labute approximate surface area is 129 Å². The molecule has 2 heterocycles. The number of carbonyl (C=O) groups is 2. The Morgan fingerprint density at radius 1 is 1.38 bits per heavy atom. The van der Waals surface area contributed by atoms with Crippen LogP contribution in [-0.4, -0.2) is 54.0 Å². The summed E-state index contributed by atoms with van der Waals surface area (Å²) >= 11 is 5.95. The molecule has 2 N–H and O–H groups in total. The number of amides is 2. The molecule has 0 radical (unpaired) electrons. The number of nitrogens with zero attached hydrogens (tertiary/aromatic N) is 2. The van der Waals surface area contributed by atoms with Crippen LogP contribution < -0.4 is 10.6 Å². The average Bonchev–Trinajstić information content (AvgIpc) is 2.86. The van der Waals surface area contributed by atoms with Crippen molar-refractivity contribution in [1.82, 2.24) is 20.1 Å². The molecule has 2 rings (SSSR count). The molecule has 1 aromatic heterocycles. The molecule has 1 fully saturated rings. The highest BCUT2D eigenvalue weighted by Crippen LogP contribution is 2.14. The minimum atomic E-state index is -0.265. The lowest BCUT2D eigenvalue weighted by Gasteiger charge is -2.27. The van der Waals surface area contributed by atoms with Gasteiger partial charge in [-0.2, -0.15) is 0 Å². The highest BCUT2D eigenvalue weighted by atomic mass is 35.5. The van der Waals surface area contributed by atoms with Crippen LogP contribution in [0.5, 0.6) is 0 Å². The molecular formula is C14H21ClN4O2. The molecule has 0 unspecified atom stereocenters. The van der Waals surface area contributed by atoms with Crippen LogP contribution in [0.4, 0.5) is 0 Å². The summed E-state index contributed by atoms with van der Waals surface area (Å²) in [7, 11) is 0. The van der Waals surface area contributed by atoms with E-state index in [1.165, 1.54) is 0 Å². The van der Waals surface area contributed by atoms with E-state index in [1.54, 1.807) is 17.2 Å². The lowest BCUT2D eigenvalue weighted by atomic mass is 10.3. The Bertz CT molecular complexity index is 509. The normalized spacial score (nSPS) is 15.0. The van der Waals surface area contributed by atoms with Crippen LogP contribution in [0, 0.1) is 0 Å². The maximum Gasteiger partial charge on any atom is 0.268 e. The maximum atomic E-state index is 12.2. The summed E-state index contributed by atoms with van der Waals surface area (Å²) in [5, 5.41) is 6.39. The highest BCUT2D eigenvalue weighted by Gasteiger charge is 2.18. The monoisotopic (exact) mass is 312 g/mol. The van der Waals surface area contributed by atoms with Gasteiger partial charge in [-0.05, 0) is 12.5 Å². The fourth-order valence-corrected chi connectivity index (χ4v) is 2.58. The van der Waals surface area contributed by atoms with Crippen molar-refractivity contribution in [3.63, 3.8) is 0 Å². The van der Waals surface area contributed by atoms with Crippen molar-refractivity contribution in [2.75, 3.05) is 32.7 Å². The summed E-state index contributed by atoms with van der Waals surface area (Å²) in [6, 6.07) is 1.63. The smallest absolute Gasteiger partial charge is 0.268 e. The average molecular weight is 313 g/mol. The van der Waals surface area contributed by atoms with Gasteiger partial charge in [0.25, 0.3) is 5.91 Å². The van der Waals surface area contributed by atoms with Crippen molar-refractivity contribution in [3.05, 3.63) is 23.0 Å². The molecule has 1 saturated heterocycles. The first-order valence-electron chi connectivity index (χ1n) is 7.24. The van der Waals surface area contributed by atoms with Gasteiger partial charge in [0.2, 0.25) is 5.91 Å². The lowest BCUT2D eigenvalue weighted by Crippen LogP contribution is -2.49. The Balaban J connectivity index is 1.90. The minimum Gasteiger partial charge on any atom is -0.342 e. The zero-order valence-corrected chi connectivity index (χ0v) is 12.9. The van der Waals surface area contributed by atoms with Crippen LogP contribution in [0.2, 0.25) is 5.02 Å². The molecule has 21 heavy (non-hydrogen) atoms. The fourth-order valence-electron chi connectivity index (χ4n) is 2.36. The zero-order valence-electron chi connectivity index (χ0n) is 12.2. The molecule has 0 aliphatic carbocycles. The van der Waals surface area contributed by atoms with Crippen LogP contribution in [-0.2, 0) is 11.3 Å². The number of hydrogen-bond acceptors (Lipinski definition) is 3.